The van der Waals surface area contributed by atoms with Crippen molar-refractivity contribution in [2.24, 2.45) is 5.73 Å². The highest BCUT2D eigenvalue weighted by atomic mass is 35.5. The number of sulfonamides is 1. The van der Waals surface area contributed by atoms with Crippen LogP contribution < -0.4 is 10.5 Å². The summed E-state index contributed by atoms with van der Waals surface area (Å²) >= 11 is 6.53. The summed E-state index contributed by atoms with van der Waals surface area (Å²) in [5.74, 6) is -0.576. The number of halogens is 1. The van der Waals surface area contributed by atoms with E-state index in [-0.39, 0.29) is 0 Å². The van der Waals surface area contributed by atoms with Crippen molar-refractivity contribution in [3.63, 3.8) is 0 Å². The van der Waals surface area contributed by atoms with E-state index >= 15 is 0 Å². The van der Waals surface area contributed by atoms with Gasteiger partial charge in [0.25, 0.3) is 15.9 Å². The first-order valence-electron chi connectivity index (χ1n) is 8.51. The second-order valence-electron chi connectivity index (χ2n) is 6.47. The summed E-state index contributed by atoms with van der Waals surface area (Å²) in [5.41, 5.74) is 10.1. The number of amides is 1. The molecule has 3 rings (SSSR count). The van der Waals surface area contributed by atoms with E-state index in [1.807, 2.05) is 19.9 Å². The van der Waals surface area contributed by atoms with E-state index in [2.05, 4.69) is 9.71 Å². The number of carbonyl (C=O) groups is 1. The molecule has 2 aromatic carbocycles. The van der Waals surface area contributed by atoms with Crippen molar-refractivity contribution in [2.45, 2.75) is 20.8 Å². The molecule has 0 unspecified atom stereocenters. The zero-order valence-corrected chi connectivity index (χ0v) is 17.2. The number of primary amides is 1. The molecule has 0 saturated carbocycles. The number of hydrogen-bond acceptors (Lipinski definition) is 3. The van der Waals surface area contributed by atoms with Gasteiger partial charge in [0.2, 0.25) is 0 Å². The number of rotatable bonds is 5. The standard InChI is InChI=1S/C20H20ClN3O3S/c1-4-8-28(26,27)24-14-7-5-6-13(9-14)18-16(21)10-15(20(22)25)19-17(18)11(2)12(3)23-19/h4-10,23-24H,1-3H3,(H2,22,25). The smallest absolute Gasteiger partial charge is 0.254 e. The third kappa shape index (κ3) is 3.63. The highest BCUT2D eigenvalue weighted by Gasteiger charge is 2.20. The van der Waals surface area contributed by atoms with E-state index in [1.165, 1.54) is 12.1 Å². The van der Waals surface area contributed by atoms with Gasteiger partial charge in [-0.1, -0.05) is 29.8 Å². The lowest BCUT2D eigenvalue weighted by Crippen LogP contribution is -2.12. The van der Waals surface area contributed by atoms with Crippen LogP contribution >= 0.6 is 11.6 Å². The van der Waals surface area contributed by atoms with E-state index in [0.29, 0.717) is 32.9 Å². The third-order valence-corrected chi connectivity index (χ3v) is 5.97. The number of H-pyrrole nitrogens is 1. The molecule has 0 aliphatic carbocycles. The Kier molecular flexibility index (Phi) is 5.23. The number of carbonyl (C=O) groups excluding carboxylic acids is 1. The van der Waals surface area contributed by atoms with E-state index in [0.717, 1.165) is 22.1 Å². The van der Waals surface area contributed by atoms with E-state index in [1.54, 1.807) is 25.1 Å². The molecule has 1 amide bonds. The molecular formula is C20H20ClN3O3S. The van der Waals surface area contributed by atoms with Gasteiger partial charge in [-0.15, -0.1) is 0 Å². The van der Waals surface area contributed by atoms with Crippen molar-refractivity contribution in [2.75, 3.05) is 4.72 Å². The van der Waals surface area contributed by atoms with Gasteiger partial charge in [-0.25, -0.2) is 8.42 Å². The molecule has 0 radical (unpaired) electrons. The molecule has 0 bridgehead atoms. The Bertz CT molecular complexity index is 1230. The lowest BCUT2D eigenvalue weighted by molar-refractivity contribution is 0.100. The van der Waals surface area contributed by atoms with Crippen LogP contribution in [0.3, 0.4) is 0 Å². The minimum Gasteiger partial charge on any atom is -0.366 e. The molecule has 1 heterocycles. The van der Waals surface area contributed by atoms with Gasteiger partial charge in [0.1, 0.15) is 0 Å². The van der Waals surface area contributed by atoms with Crippen molar-refractivity contribution in [3.05, 3.63) is 63.7 Å². The summed E-state index contributed by atoms with van der Waals surface area (Å²) in [5, 5.41) is 2.23. The fourth-order valence-corrected chi connectivity index (χ4v) is 4.41. The Hall–Kier alpha value is -2.77. The first-order valence-corrected chi connectivity index (χ1v) is 10.4. The molecule has 8 heteroatoms. The summed E-state index contributed by atoms with van der Waals surface area (Å²) in [6, 6.07) is 8.46. The van der Waals surface area contributed by atoms with Crippen molar-refractivity contribution in [3.8, 4) is 11.1 Å². The number of aryl methyl sites for hydroxylation is 2. The monoisotopic (exact) mass is 417 g/mol. The maximum absolute atomic E-state index is 12.0. The molecule has 0 aliphatic heterocycles. The number of nitrogens with two attached hydrogens (primary N) is 1. The van der Waals surface area contributed by atoms with Gasteiger partial charge in [0.05, 0.1) is 11.1 Å². The third-order valence-electron chi connectivity index (χ3n) is 4.52. The summed E-state index contributed by atoms with van der Waals surface area (Å²) in [4.78, 5) is 15.1. The van der Waals surface area contributed by atoms with Crippen LogP contribution in [0.25, 0.3) is 22.0 Å². The van der Waals surface area contributed by atoms with Crippen LogP contribution in [0.2, 0.25) is 5.02 Å². The molecule has 4 N–H and O–H groups in total. The Morgan fingerprint density at radius 2 is 1.96 bits per heavy atom. The van der Waals surface area contributed by atoms with Crippen LogP contribution in [-0.4, -0.2) is 19.3 Å². The van der Waals surface area contributed by atoms with Crippen LogP contribution in [0.4, 0.5) is 5.69 Å². The van der Waals surface area contributed by atoms with Gasteiger partial charge in [-0.3, -0.25) is 9.52 Å². The molecule has 0 aliphatic rings. The van der Waals surface area contributed by atoms with Gasteiger partial charge in [0.15, 0.2) is 0 Å². The van der Waals surface area contributed by atoms with Gasteiger partial charge in [0, 0.05) is 32.8 Å². The fourth-order valence-electron chi connectivity index (χ4n) is 3.22. The summed E-state index contributed by atoms with van der Waals surface area (Å²) in [7, 11) is -3.59. The largest absolute Gasteiger partial charge is 0.366 e. The maximum Gasteiger partial charge on any atom is 0.254 e. The molecule has 6 nitrogen and oxygen atoms in total. The van der Waals surface area contributed by atoms with Crippen LogP contribution in [-0.2, 0) is 10.0 Å². The highest BCUT2D eigenvalue weighted by molar-refractivity contribution is 7.95. The Morgan fingerprint density at radius 1 is 1.25 bits per heavy atom. The SMILES string of the molecule is CC=CS(=O)(=O)Nc1cccc(-c2c(Cl)cc(C(N)=O)c3[nH]c(C)c(C)c23)c1. The maximum atomic E-state index is 12.0. The van der Waals surface area contributed by atoms with Crippen LogP contribution in [0.5, 0.6) is 0 Å². The summed E-state index contributed by atoms with van der Waals surface area (Å²) < 4.78 is 26.6. The molecule has 0 fully saturated rings. The topological polar surface area (TPSA) is 105 Å². The number of anilines is 1. The molecule has 0 atom stereocenters. The molecular weight excluding hydrogens is 398 g/mol. The second kappa shape index (κ2) is 7.33. The first-order chi connectivity index (χ1) is 13.1. The van der Waals surface area contributed by atoms with Crippen molar-refractivity contribution < 1.29 is 13.2 Å². The molecule has 0 spiro atoms. The highest BCUT2D eigenvalue weighted by Crippen LogP contribution is 2.40. The zero-order chi connectivity index (χ0) is 20.6. The summed E-state index contributed by atoms with van der Waals surface area (Å²) in [6.45, 7) is 5.46. The van der Waals surface area contributed by atoms with Crippen molar-refractivity contribution >= 4 is 44.1 Å². The number of benzene rings is 2. The number of fused-ring (bicyclic) bond motifs is 1. The number of aromatic nitrogens is 1. The fraction of sp³-hybridized carbons (Fsp3) is 0.150. The van der Waals surface area contributed by atoms with E-state index < -0.39 is 15.9 Å². The van der Waals surface area contributed by atoms with E-state index in [9.17, 15) is 13.2 Å². The number of nitrogens with one attached hydrogen (secondary N) is 2. The predicted octanol–water partition coefficient (Wildman–Crippen LogP) is 4.48. The number of hydrogen-bond donors (Lipinski definition) is 3. The van der Waals surface area contributed by atoms with Gasteiger partial charge >= 0.3 is 0 Å². The number of aromatic amines is 1. The predicted molar refractivity (Wildman–Crippen MR) is 114 cm³/mol. The normalized spacial score (nSPS) is 12.0. The van der Waals surface area contributed by atoms with Crippen LogP contribution in [0.1, 0.15) is 28.5 Å². The minimum absolute atomic E-state index is 0.310. The molecule has 3 aromatic rings. The van der Waals surface area contributed by atoms with Crippen LogP contribution in [0.15, 0.2) is 41.8 Å². The molecule has 28 heavy (non-hydrogen) atoms. The summed E-state index contributed by atoms with van der Waals surface area (Å²) in [6.07, 6.45) is 1.45. The second-order valence-corrected chi connectivity index (χ2v) is 8.44. The minimum atomic E-state index is -3.59. The zero-order valence-electron chi connectivity index (χ0n) is 15.6. The van der Waals surface area contributed by atoms with Gasteiger partial charge < -0.3 is 10.7 Å². The van der Waals surface area contributed by atoms with Gasteiger partial charge in [-0.2, -0.15) is 0 Å². The lowest BCUT2D eigenvalue weighted by Gasteiger charge is -2.12. The molecule has 1 aromatic heterocycles. The Balaban J connectivity index is 2.25. The number of allylic oxidation sites excluding steroid dienone is 1. The quantitative estimate of drug-likeness (QED) is 0.569. The van der Waals surface area contributed by atoms with Gasteiger partial charge in [-0.05, 0) is 50.1 Å². The van der Waals surface area contributed by atoms with E-state index in [4.69, 9.17) is 17.3 Å². The molecule has 0 saturated heterocycles. The van der Waals surface area contributed by atoms with Crippen LogP contribution in [0, 0.1) is 13.8 Å². The van der Waals surface area contributed by atoms with Crippen molar-refractivity contribution in [1.82, 2.24) is 4.98 Å². The Morgan fingerprint density at radius 3 is 2.61 bits per heavy atom. The van der Waals surface area contributed by atoms with Crippen molar-refractivity contribution in [1.29, 1.82) is 0 Å². The average molecular weight is 418 g/mol. The Labute approximate surface area is 168 Å². The average Bonchev–Trinajstić information content (AvgIpc) is 2.89. The lowest BCUT2D eigenvalue weighted by atomic mass is 9.96. The molecule has 146 valence electrons. The first kappa shape index (κ1) is 20.0.